The summed E-state index contributed by atoms with van der Waals surface area (Å²) in [4.78, 5) is 22.2. The number of carbonyl (C=O) groups is 2. The van der Waals surface area contributed by atoms with Gasteiger partial charge in [-0.25, -0.2) is 0 Å². The molecule has 1 unspecified atom stereocenters. The van der Waals surface area contributed by atoms with Crippen molar-refractivity contribution in [2.24, 2.45) is 5.92 Å². The topological polar surface area (TPSA) is 43.4 Å². The van der Waals surface area contributed by atoms with Crippen molar-refractivity contribution in [2.75, 3.05) is 0 Å². The van der Waals surface area contributed by atoms with Crippen LogP contribution in [0.15, 0.2) is 0 Å². The molecule has 0 fully saturated rings. The maximum atomic E-state index is 11.3. The first kappa shape index (κ1) is 23.2. The van der Waals surface area contributed by atoms with Gasteiger partial charge in [-0.1, -0.05) is 0 Å². The molecule has 0 saturated heterocycles. The van der Waals surface area contributed by atoms with Crippen molar-refractivity contribution < 1.29 is 117 Å². The third kappa shape index (κ3) is 10.7. The van der Waals surface area contributed by atoms with Gasteiger partial charge in [0.25, 0.3) is 0 Å². The standard InChI is InChI=1S/C8H14O3S2.2K/c1-4(2)11-7(10)6(5(3)9)8(12)13;;/h4,6,8,12-13H,1-3H3;;/q;2*+1/p-2. The van der Waals surface area contributed by atoms with E-state index in [1.165, 1.54) is 6.92 Å². The third-order valence-corrected chi connectivity index (χ3v) is 1.86. The minimum Gasteiger partial charge on any atom is -0.813 e. The van der Waals surface area contributed by atoms with Gasteiger partial charge in [-0.15, -0.1) is 0 Å². The summed E-state index contributed by atoms with van der Waals surface area (Å²) in [5, 5.41) is 0. The molecule has 0 aromatic carbocycles. The Morgan fingerprint density at radius 2 is 1.53 bits per heavy atom. The van der Waals surface area contributed by atoms with Gasteiger partial charge < -0.3 is 30.0 Å². The SMILES string of the molecule is CC(=O)C(C(=O)OC(C)C)C([S-])[S-].[K+].[K+]. The Labute approximate surface area is 187 Å². The van der Waals surface area contributed by atoms with Gasteiger partial charge in [0.1, 0.15) is 5.78 Å². The fourth-order valence-corrected chi connectivity index (χ4v) is 1.38. The molecule has 0 aromatic heterocycles. The molecule has 0 rings (SSSR count). The zero-order valence-electron chi connectivity index (χ0n) is 9.77. The van der Waals surface area contributed by atoms with Crippen molar-refractivity contribution in [2.45, 2.75) is 31.5 Å². The summed E-state index contributed by atoms with van der Waals surface area (Å²) in [6.07, 6.45) is -0.252. The summed E-state index contributed by atoms with van der Waals surface area (Å²) in [6.45, 7) is 4.70. The Bertz CT molecular complexity index is 210. The average molecular weight is 299 g/mol. The number of esters is 1. The number of hydrogen-bond acceptors (Lipinski definition) is 5. The summed E-state index contributed by atoms with van der Waals surface area (Å²) >= 11 is 9.40. The molecule has 3 nitrogen and oxygen atoms in total. The number of Topliss-reactive ketones (excluding diaryl/α,β-unsaturated/α-hetero) is 1. The van der Waals surface area contributed by atoms with Crippen LogP contribution in [0.3, 0.4) is 0 Å². The second-order valence-corrected chi connectivity index (χ2v) is 4.26. The van der Waals surface area contributed by atoms with Crippen molar-refractivity contribution >= 4 is 37.0 Å². The third-order valence-electron chi connectivity index (χ3n) is 1.32. The molecule has 0 saturated carbocycles. The van der Waals surface area contributed by atoms with E-state index in [4.69, 9.17) is 30.0 Å². The summed E-state index contributed by atoms with van der Waals surface area (Å²) in [7, 11) is 0. The van der Waals surface area contributed by atoms with Crippen LogP contribution in [0.4, 0.5) is 0 Å². The van der Waals surface area contributed by atoms with E-state index >= 15 is 0 Å². The summed E-state index contributed by atoms with van der Waals surface area (Å²) in [6, 6.07) is 0. The van der Waals surface area contributed by atoms with E-state index in [2.05, 4.69) is 0 Å². The van der Waals surface area contributed by atoms with Crippen molar-refractivity contribution in [3.8, 4) is 0 Å². The molecule has 0 aliphatic heterocycles. The first-order chi connectivity index (χ1) is 5.86. The van der Waals surface area contributed by atoms with Crippen LogP contribution in [0.2, 0.25) is 0 Å². The number of carbonyl (C=O) groups excluding carboxylic acids is 2. The van der Waals surface area contributed by atoms with E-state index in [1.807, 2.05) is 0 Å². The van der Waals surface area contributed by atoms with Gasteiger partial charge in [0.2, 0.25) is 0 Å². The van der Waals surface area contributed by atoms with E-state index in [0.717, 1.165) is 0 Å². The molecule has 0 spiro atoms. The van der Waals surface area contributed by atoms with E-state index < -0.39 is 16.5 Å². The van der Waals surface area contributed by atoms with Crippen molar-refractivity contribution in [1.29, 1.82) is 0 Å². The van der Waals surface area contributed by atoms with E-state index in [-0.39, 0.29) is 115 Å². The zero-order valence-corrected chi connectivity index (χ0v) is 17.7. The molecular formula is C8H12K2O3S2. The van der Waals surface area contributed by atoms with Crippen LogP contribution in [-0.2, 0) is 39.6 Å². The number of rotatable bonds is 4. The van der Waals surface area contributed by atoms with Gasteiger partial charge in [-0.2, -0.15) is 0 Å². The minimum atomic E-state index is -0.979. The minimum absolute atomic E-state index is 0. The Morgan fingerprint density at radius 1 is 1.13 bits per heavy atom. The van der Waals surface area contributed by atoms with E-state index in [1.54, 1.807) is 13.8 Å². The van der Waals surface area contributed by atoms with Crippen molar-refractivity contribution in [3.63, 3.8) is 0 Å². The first-order valence-electron chi connectivity index (χ1n) is 3.88. The Kier molecular flexibility index (Phi) is 18.8. The number of ketones is 1. The van der Waals surface area contributed by atoms with Gasteiger partial charge in [0.15, 0.2) is 0 Å². The molecule has 15 heavy (non-hydrogen) atoms. The smallest absolute Gasteiger partial charge is 0.813 e. The maximum Gasteiger partial charge on any atom is 1.00 e. The Balaban J connectivity index is -0.000000720. The molecule has 76 valence electrons. The van der Waals surface area contributed by atoms with Gasteiger partial charge in [-0.3, -0.25) is 14.2 Å². The fourth-order valence-electron chi connectivity index (χ4n) is 0.774. The fraction of sp³-hybridized carbons (Fsp3) is 0.750. The molecule has 0 amide bonds. The number of ether oxygens (including phenoxy) is 1. The van der Waals surface area contributed by atoms with Crippen LogP contribution in [0.25, 0.3) is 0 Å². The quantitative estimate of drug-likeness (QED) is 0.224. The molecule has 1 atom stereocenters. The van der Waals surface area contributed by atoms with Gasteiger partial charge in [-0.05, 0) is 20.8 Å². The van der Waals surface area contributed by atoms with Gasteiger partial charge in [0, 0.05) is 0 Å². The molecule has 7 heteroatoms. The van der Waals surface area contributed by atoms with Crippen molar-refractivity contribution in [3.05, 3.63) is 0 Å². The van der Waals surface area contributed by atoms with Crippen LogP contribution in [0.1, 0.15) is 20.8 Å². The Morgan fingerprint density at radius 3 is 1.73 bits per heavy atom. The normalized spacial score (nSPS) is 11.4. The van der Waals surface area contributed by atoms with Gasteiger partial charge >= 0.3 is 109 Å². The molecule has 0 radical (unpaired) electrons. The molecule has 0 aliphatic carbocycles. The van der Waals surface area contributed by atoms with E-state index in [9.17, 15) is 9.59 Å². The summed E-state index contributed by atoms with van der Waals surface area (Å²) in [5.74, 6) is -1.93. The first-order valence-corrected chi connectivity index (χ1v) is 4.83. The predicted molar refractivity (Wildman–Crippen MR) is 53.9 cm³/mol. The van der Waals surface area contributed by atoms with Crippen molar-refractivity contribution in [1.82, 2.24) is 0 Å². The predicted octanol–water partition coefficient (Wildman–Crippen LogP) is -5.43. The molecule has 0 N–H and O–H groups in total. The van der Waals surface area contributed by atoms with Crippen LogP contribution < -0.4 is 103 Å². The summed E-state index contributed by atoms with van der Waals surface area (Å²) in [5.41, 5.74) is 0. The molecular weight excluding hydrogens is 286 g/mol. The van der Waals surface area contributed by atoms with Crippen LogP contribution in [0.5, 0.6) is 0 Å². The maximum absolute atomic E-state index is 11.3. The van der Waals surface area contributed by atoms with Crippen LogP contribution in [0, 0.1) is 5.92 Å². The molecule has 0 heterocycles. The second-order valence-electron chi connectivity index (χ2n) is 2.94. The van der Waals surface area contributed by atoms with Crippen LogP contribution >= 0.6 is 0 Å². The van der Waals surface area contributed by atoms with Crippen LogP contribution in [-0.4, -0.2) is 22.4 Å². The van der Waals surface area contributed by atoms with E-state index in [0.29, 0.717) is 0 Å². The van der Waals surface area contributed by atoms with Gasteiger partial charge in [0.05, 0.1) is 12.0 Å². The number of hydrogen-bond donors (Lipinski definition) is 0. The monoisotopic (exact) mass is 298 g/mol. The molecule has 0 bridgehead atoms. The molecule has 0 aliphatic rings. The zero-order chi connectivity index (χ0) is 10.6. The summed E-state index contributed by atoms with van der Waals surface area (Å²) < 4.78 is 4.01. The Hall–Kier alpha value is 3.11. The molecule has 0 aromatic rings. The average Bonchev–Trinajstić information content (AvgIpc) is 1.81. The largest absolute Gasteiger partial charge is 1.00 e. The second kappa shape index (κ2) is 12.2.